The molecule has 9 nitrogen and oxygen atoms in total. The second kappa shape index (κ2) is 15.4. The summed E-state index contributed by atoms with van der Waals surface area (Å²) in [6.07, 6.45) is 3.28. The molecule has 0 atom stereocenters. The first-order chi connectivity index (χ1) is 19.8. The van der Waals surface area contributed by atoms with E-state index in [0.29, 0.717) is 53.6 Å². The van der Waals surface area contributed by atoms with Gasteiger partial charge in [-0.2, -0.15) is 0 Å². The van der Waals surface area contributed by atoms with Crippen LogP contribution in [0.25, 0.3) is 0 Å². The summed E-state index contributed by atoms with van der Waals surface area (Å²) in [7, 11) is 0. The van der Waals surface area contributed by atoms with Crippen LogP contribution >= 0.6 is 0 Å². The Kier molecular flexibility index (Phi) is 11.4. The number of carbonyl (C=O) groups excluding carboxylic acids is 4. The van der Waals surface area contributed by atoms with E-state index >= 15 is 0 Å². The van der Waals surface area contributed by atoms with Crippen LogP contribution in [0.3, 0.4) is 0 Å². The van der Waals surface area contributed by atoms with Gasteiger partial charge < -0.3 is 23.7 Å². The summed E-state index contributed by atoms with van der Waals surface area (Å²) >= 11 is 0. The molecule has 0 saturated carbocycles. The Bertz CT molecular complexity index is 1390. The van der Waals surface area contributed by atoms with Crippen molar-refractivity contribution in [3.63, 3.8) is 0 Å². The number of ether oxygens (including phenoxy) is 5. The van der Waals surface area contributed by atoms with Gasteiger partial charge in [0, 0.05) is 25.0 Å². The van der Waals surface area contributed by atoms with Gasteiger partial charge in [-0.1, -0.05) is 25.3 Å². The van der Waals surface area contributed by atoms with Crippen LogP contribution in [-0.4, -0.2) is 37.1 Å². The van der Waals surface area contributed by atoms with E-state index in [1.54, 1.807) is 73.7 Å². The second-order valence-electron chi connectivity index (χ2n) is 8.66. The molecule has 0 aromatic heterocycles. The summed E-state index contributed by atoms with van der Waals surface area (Å²) in [4.78, 5) is 47.2. The topological polar surface area (TPSA) is 114 Å². The molecule has 9 heteroatoms. The molecule has 0 aliphatic rings. The number of benzene rings is 3. The fourth-order valence-corrected chi connectivity index (χ4v) is 3.44. The summed E-state index contributed by atoms with van der Waals surface area (Å²) < 4.78 is 26.4. The van der Waals surface area contributed by atoms with Gasteiger partial charge in [0.1, 0.15) is 23.0 Å². The van der Waals surface area contributed by atoms with Crippen LogP contribution in [0.1, 0.15) is 34.3 Å². The van der Waals surface area contributed by atoms with Crippen molar-refractivity contribution >= 4 is 23.9 Å². The number of esters is 4. The zero-order valence-electron chi connectivity index (χ0n) is 22.6. The van der Waals surface area contributed by atoms with Gasteiger partial charge >= 0.3 is 23.9 Å². The molecule has 0 aliphatic carbocycles. The summed E-state index contributed by atoms with van der Waals surface area (Å²) in [5, 5.41) is 0. The largest absolute Gasteiger partial charge is 0.493 e. The zero-order valence-corrected chi connectivity index (χ0v) is 22.6. The van der Waals surface area contributed by atoms with Gasteiger partial charge in [-0.3, -0.25) is 4.79 Å². The lowest BCUT2D eigenvalue weighted by atomic mass is 10.1. The number of rotatable bonds is 14. The highest BCUT2D eigenvalue weighted by Crippen LogP contribution is 2.25. The van der Waals surface area contributed by atoms with Crippen molar-refractivity contribution in [1.29, 1.82) is 0 Å². The van der Waals surface area contributed by atoms with E-state index in [1.165, 1.54) is 0 Å². The molecule has 0 fully saturated rings. The van der Waals surface area contributed by atoms with E-state index in [4.69, 9.17) is 23.7 Å². The van der Waals surface area contributed by atoms with E-state index in [1.807, 2.05) is 0 Å². The van der Waals surface area contributed by atoms with Gasteiger partial charge in [-0.25, -0.2) is 14.4 Å². The third-order valence-corrected chi connectivity index (χ3v) is 5.57. The molecule has 0 aliphatic heterocycles. The molecule has 0 spiro atoms. The quantitative estimate of drug-likeness (QED) is 0.112. The third kappa shape index (κ3) is 10.1. The van der Waals surface area contributed by atoms with E-state index in [2.05, 4.69) is 13.2 Å². The molecule has 0 heterocycles. The standard InChI is InChI=1S/C32H30O9/c1-4-29(33)38-20-6-19-37-25-14-10-24(11-15-25)32(36)40-27-16-17-28(22(3)21-27)41-31(35)18-9-23-7-12-26(13-8-23)39-30(34)5-2/h4-5,7-8,10-17,21H,1-2,6,9,18-20H2,3H3. The first-order valence-electron chi connectivity index (χ1n) is 12.8. The Morgan fingerprint density at radius 2 is 1.39 bits per heavy atom. The van der Waals surface area contributed by atoms with E-state index in [9.17, 15) is 19.2 Å². The number of hydrogen-bond acceptors (Lipinski definition) is 9. The third-order valence-electron chi connectivity index (χ3n) is 5.57. The fourth-order valence-electron chi connectivity index (χ4n) is 3.44. The van der Waals surface area contributed by atoms with Crippen molar-refractivity contribution in [3.8, 4) is 23.0 Å². The summed E-state index contributed by atoms with van der Waals surface area (Å²) in [5.74, 6) is -0.379. The summed E-state index contributed by atoms with van der Waals surface area (Å²) in [6.45, 7) is 8.98. The highest BCUT2D eigenvalue weighted by atomic mass is 16.5. The maximum absolute atomic E-state index is 12.6. The van der Waals surface area contributed by atoms with E-state index in [0.717, 1.165) is 17.7 Å². The summed E-state index contributed by atoms with van der Waals surface area (Å²) in [5.41, 5.74) is 1.84. The van der Waals surface area contributed by atoms with Crippen LogP contribution in [-0.2, 0) is 25.5 Å². The minimum atomic E-state index is -0.553. The maximum atomic E-state index is 12.6. The summed E-state index contributed by atoms with van der Waals surface area (Å²) in [6, 6.07) is 18.0. The van der Waals surface area contributed by atoms with Gasteiger partial charge in [0.2, 0.25) is 0 Å². The Morgan fingerprint density at radius 1 is 0.732 bits per heavy atom. The molecule has 0 saturated heterocycles. The normalized spacial score (nSPS) is 10.2. The van der Waals surface area contributed by atoms with Gasteiger partial charge in [0.15, 0.2) is 0 Å². The maximum Gasteiger partial charge on any atom is 0.343 e. The molecule has 3 rings (SSSR count). The lowest BCUT2D eigenvalue weighted by Crippen LogP contribution is -2.11. The zero-order chi connectivity index (χ0) is 29.6. The first kappa shape index (κ1) is 30.4. The van der Waals surface area contributed by atoms with Crippen molar-refractivity contribution in [1.82, 2.24) is 0 Å². The van der Waals surface area contributed by atoms with Crippen LogP contribution in [0.5, 0.6) is 23.0 Å². The fraction of sp³-hybridized carbons (Fsp3) is 0.188. The lowest BCUT2D eigenvalue weighted by molar-refractivity contribution is -0.138. The minimum absolute atomic E-state index is 0.143. The molecular formula is C32H30O9. The van der Waals surface area contributed by atoms with E-state index < -0.39 is 23.9 Å². The van der Waals surface area contributed by atoms with Gasteiger partial charge in [0.05, 0.1) is 18.8 Å². The smallest absolute Gasteiger partial charge is 0.343 e. The number of hydrogen-bond donors (Lipinski definition) is 0. The molecule has 0 bridgehead atoms. The predicted molar refractivity (Wildman–Crippen MR) is 150 cm³/mol. The SMILES string of the molecule is C=CC(=O)OCCCOc1ccc(C(=O)Oc2ccc(OC(=O)CCc3ccc(OC(=O)C=C)cc3)c(C)c2)cc1. The van der Waals surface area contributed by atoms with Crippen LogP contribution in [0.2, 0.25) is 0 Å². The van der Waals surface area contributed by atoms with Gasteiger partial charge in [-0.15, -0.1) is 0 Å². The Balaban J connectivity index is 1.44. The molecule has 3 aromatic rings. The average Bonchev–Trinajstić information content (AvgIpc) is 2.98. The first-order valence-corrected chi connectivity index (χ1v) is 12.8. The van der Waals surface area contributed by atoms with Crippen molar-refractivity contribution < 1.29 is 42.9 Å². The highest BCUT2D eigenvalue weighted by molar-refractivity contribution is 5.91. The van der Waals surface area contributed by atoms with Crippen LogP contribution in [0.4, 0.5) is 0 Å². The average molecular weight is 559 g/mol. The van der Waals surface area contributed by atoms with Crippen molar-refractivity contribution in [3.05, 3.63) is 109 Å². The molecule has 212 valence electrons. The molecular weight excluding hydrogens is 528 g/mol. The molecule has 0 unspecified atom stereocenters. The molecule has 41 heavy (non-hydrogen) atoms. The van der Waals surface area contributed by atoms with Gasteiger partial charge in [0.25, 0.3) is 0 Å². The van der Waals surface area contributed by atoms with Crippen LogP contribution < -0.4 is 18.9 Å². The number of carbonyl (C=O) groups is 4. The Hall–Kier alpha value is -5.18. The minimum Gasteiger partial charge on any atom is -0.493 e. The van der Waals surface area contributed by atoms with Crippen LogP contribution in [0, 0.1) is 6.92 Å². The van der Waals surface area contributed by atoms with Crippen LogP contribution in [0.15, 0.2) is 92.0 Å². The van der Waals surface area contributed by atoms with E-state index in [-0.39, 0.29) is 13.0 Å². The van der Waals surface area contributed by atoms with Crippen molar-refractivity contribution in [2.24, 2.45) is 0 Å². The highest BCUT2D eigenvalue weighted by Gasteiger charge is 2.13. The molecule has 0 amide bonds. The van der Waals surface area contributed by atoms with Crippen molar-refractivity contribution in [2.75, 3.05) is 13.2 Å². The van der Waals surface area contributed by atoms with Crippen molar-refractivity contribution in [2.45, 2.75) is 26.2 Å². The lowest BCUT2D eigenvalue weighted by Gasteiger charge is -2.11. The second-order valence-corrected chi connectivity index (χ2v) is 8.66. The number of aryl methyl sites for hydroxylation is 2. The predicted octanol–water partition coefficient (Wildman–Crippen LogP) is 5.34. The molecule has 0 N–H and O–H groups in total. The van der Waals surface area contributed by atoms with Gasteiger partial charge in [-0.05, 0) is 79.1 Å². The Labute approximate surface area is 237 Å². The monoisotopic (exact) mass is 558 g/mol. The molecule has 3 aromatic carbocycles. The Morgan fingerprint density at radius 3 is 2.05 bits per heavy atom. The molecule has 0 radical (unpaired) electrons.